The number of aromatic nitrogens is 1. The SMILES string of the molecule is NNC(c1ccncc1F)c1cscc1Br. The maximum absolute atomic E-state index is 13.6. The van der Waals surface area contributed by atoms with E-state index in [1.54, 1.807) is 12.3 Å². The zero-order valence-electron chi connectivity index (χ0n) is 8.15. The third kappa shape index (κ3) is 2.15. The van der Waals surface area contributed by atoms with E-state index >= 15 is 0 Å². The van der Waals surface area contributed by atoms with Gasteiger partial charge in [-0.05, 0) is 32.9 Å². The summed E-state index contributed by atoms with van der Waals surface area (Å²) in [5, 5.41) is 3.85. The number of nitrogens with two attached hydrogens (primary N) is 1. The van der Waals surface area contributed by atoms with Gasteiger partial charge in [0.25, 0.3) is 0 Å². The number of pyridine rings is 1. The molecule has 3 nitrogen and oxygen atoms in total. The smallest absolute Gasteiger partial charge is 0.146 e. The van der Waals surface area contributed by atoms with E-state index in [2.05, 4.69) is 26.3 Å². The molecule has 2 heterocycles. The molecule has 0 aliphatic rings. The number of nitrogens with one attached hydrogen (secondary N) is 1. The van der Waals surface area contributed by atoms with Crippen LogP contribution < -0.4 is 11.3 Å². The summed E-state index contributed by atoms with van der Waals surface area (Å²) in [5.74, 6) is 5.11. The predicted molar refractivity (Wildman–Crippen MR) is 65.4 cm³/mol. The van der Waals surface area contributed by atoms with Crippen LogP contribution in [0.1, 0.15) is 17.2 Å². The maximum Gasteiger partial charge on any atom is 0.146 e. The van der Waals surface area contributed by atoms with E-state index in [0.29, 0.717) is 5.56 Å². The van der Waals surface area contributed by atoms with Gasteiger partial charge in [0.2, 0.25) is 0 Å². The molecule has 0 aromatic carbocycles. The molecule has 1 unspecified atom stereocenters. The van der Waals surface area contributed by atoms with Gasteiger partial charge in [0.1, 0.15) is 5.82 Å². The minimum absolute atomic E-state index is 0.372. The Kier molecular flexibility index (Phi) is 3.65. The number of hydrazine groups is 1. The van der Waals surface area contributed by atoms with E-state index in [-0.39, 0.29) is 11.9 Å². The summed E-state index contributed by atoms with van der Waals surface area (Å²) >= 11 is 4.94. The van der Waals surface area contributed by atoms with Gasteiger partial charge in [-0.1, -0.05) is 0 Å². The molecule has 0 saturated heterocycles. The summed E-state index contributed by atoms with van der Waals surface area (Å²) < 4.78 is 14.5. The average molecular weight is 302 g/mol. The van der Waals surface area contributed by atoms with Crippen LogP contribution in [0.4, 0.5) is 4.39 Å². The molecule has 2 aromatic rings. The van der Waals surface area contributed by atoms with Crippen molar-refractivity contribution in [2.24, 2.45) is 5.84 Å². The molecule has 1 atom stereocenters. The van der Waals surface area contributed by atoms with E-state index in [1.165, 1.54) is 17.5 Å². The molecule has 16 heavy (non-hydrogen) atoms. The second-order valence-electron chi connectivity index (χ2n) is 3.17. The zero-order valence-corrected chi connectivity index (χ0v) is 10.6. The van der Waals surface area contributed by atoms with Crippen LogP contribution in [0.5, 0.6) is 0 Å². The van der Waals surface area contributed by atoms with Crippen LogP contribution in [0, 0.1) is 5.82 Å². The second kappa shape index (κ2) is 5.01. The molecular weight excluding hydrogens is 293 g/mol. The van der Waals surface area contributed by atoms with Gasteiger partial charge < -0.3 is 0 Å². The average Bonchev–Trinajstić information content (AvgIpc) is 2.69. The summed E-state index contributed by atoms with van der Waals surface area (Å²) in [4.78, 5) is 3.71. The highest BCUT2D eigenvalue weighted by atomic mass is 79.9. The first-order chi connectivity index (χ1) is 7.74. The summed E-state index contributed by atoms with van der Waals surface area (Å²) in [6, 6.07) is 1.24. The highest BCUT2D eigenvalue weighted by Crippen LogP contribution is 2.31. The molecule has 2 rings (SSSR count). The maximum atomic E-state index is 13.6. The largest absolute Gasteiger partial charge is 0.271 e. The van der Waals surface area contributed by atoms with Crippen LogP contribution in [0.3, 0.4) is 0 Å². The fourth-order valence-corrected chi connectivity index (χ4v) is 3.02. The summed E-state index contributed by atoms with van der Waals surface area (Å²) in [6.07, 6.45) is 2.73. The van der Waals surface area contributed by atoms with Gasteiger partial charge in [0.15, 0.2) is 0 Å². The number of halogens is 2. The highest BCUT2D eigenvalue weighted by molar-refractivity contribution is 9.10. The topological polar surface area (TPSA) is 50.9 Å². The molecule has 0 amide bonds. The monoisotopic (exact) mass is 301 g/mol. The Balaban J connectivity index is 2.45. The molecule has 3 N–H and O–H groups in total. The molecule has 0 bridgehead atoms. The molecule has 6 heteroatoms. The lowest BCUT2D eigenvalue weighted by atomic mass is 10.0. The van der Waals surface area contributed by atoms with E-state index in [4.69, 9.17) is 5.84 Å². The van der Waals surface area contributed by atoms with Crippen molar-refractivity contribution in [3.8, 4) is 0 Å². The first-order valence-corrected chi connectivity index (χ1v) is 6.24. The van der Waals surface area contributed by atoms with Crippen molar-refractivity contribution in [2.75, 3.05) is 0 Å². The van der Waals surface area contributed by atoms with E-state index in [1.807, 2.05) is 10.8 Å². The summed E-state index contributed by atoms with van der Waals surface area (Å²) in [7, 11) is 0. The number of rotatable bonds is 3. The first-order valence-electron chi connectivity index (χ1n) is 4.51. The highest BCUT2D eigenvalue weighted by Gasteiger charge is 2.19. The van der Waals surface area contributed by atoms with Crippen molar-refractivity contribution in [3.63, 3.8) is 0 Å². The van der Waals surface area contributed by atoms with E-state index < -0.39 is 0 Å². The lowest BCUT2D eigenvalue weighted by Crippen LogP contribution is -2.29. The van der Waals surface area contributed by atoms with Gasteiger partial charge in [0.05, 0.1) is 12.2 Å². The summed E-state index contributed by atoms with van der Waals surface area (Å²) in [6.45, 7) is 0. The van der Waals surface area contributed by atoms with Crippen molar-refractivity contribution in [2.45, 2.75) is 6.04 Å². The van der Waals surface area contributed by atoms with Crippen LogP contribution in [0.25, 0.3) is 0 Å². The van der Waals surface area contributed by atoms with Crippen molar-refractivity contribution < 1.29 is 4.39 Å². The standard InChI is InChI=1S/C10H9BrFN3S/c11-8-5-16-4-7(8)10(15-13)6-1-2-14-3-9(6)12/h1-5,10,15H,13H2. The molecular formula is C10H9BrFN3S. The Morgan fingerprint density at radius 1 is 1.44 bits per heavy atom. The molecule has 2 aromatic heterocycles. The van der Waals surface area contributed by atoms with Crippen molar-refractivity contribution in [1.82, 2.24) is 10.4 Å². The minimum Gasteiger partial charge on any atom is -0.271 e. The number of hydrogen-bond donors (Lipinski definition) is 2. The van der Waals surface area contributed by atoms with Crippen LogP contribution in [0.15, 0.2) is 33.7 Å². The third-order valence-corrected chi connectivity index (χ3v) is 3.99. The summed E-state index contributed by atoms with van der Waals surface area (Å²) in [5.41, 5.74) is 4.01. The normalized spacial score (nSPS) is 12.7. The van der Waals surface area contributed by atoms with E-state index in [0.717, 1.165) is 10.0 Å². The Morgan fingerprint density at radius 3 is 2.81 bits per heavy atom. The van der Waals surface area contributed by atoms with Gasteiger partial charge in [-0.2, -0.15) is 11.3 Å². The lowest BCUT2D eigenvalue weighted by Gasteiger charge is -2.16. The van der Waals surface area contributed by atoms with Gasteiger partial charge in [-0.15, -0.1) is 0 Å². The molecule has 0 saturated carbocycles. The molecule has 0 aliphatic heterocycles. The van der Waals surface area contributed by atoms with Crippen LogP contribution in [-0.4, -0.2) is 4.98 Å². The fraction of sp³-hybridized carbons (Fsp3) is 0.100. The minimum atomic E-state index is -0.372. The van der Waals surface area contributed by atoms with Crippen molar-refractivity contribution >= 4 is 27.3 Å². The number of nitrogens with zero attached hydrogens (tertiary/aromatic N) is 1. The van der Waals surface area contributed by atoms with Gasteiger partial charge in [-0.3, -0.25) is 10.8 Å². The van der Waals surface area contributed by atoms with Crippen molar-refractivity contribution in [3.05, 3.63) is 50.6 Å². The van der Waals surface area contributed by atoms with Gasteiger partial charge in [0, 0.05) is 21.6 Å². The number of hydrogen-bond acceptors (Lipinski definition) is 4. The fourth-order valence-electron chi connectivity index (χ4n) is 1.46. The molecule has 84 valence electrons. The molecule has 0 spiro atoms. The van der Waals surface area contributed by atoms with Crippen LogP contribution in [0.2, 0.25) is 0 Å². The Morgan fingerprint density at radius 2 is 2.25 bits per heavy atom. The second-order valence-corrected chi connectivity index (χ2v) is 4.77. The van der Waals surface area contributed by atoms with Crippen LogP contribution in [-0.2, 0) is 0 Å². The van der Waals surface area contributed by atoms with Crippen LogP contribution >= 0.6 is 27.3 Å². The Hall–Kier alpha value is -0.820. The van der Waals surface area contributed by atoms with E-state index in [9.17, 15) is 4.39 Å². The van der Waals surface area contributed by atoms with Gasteiger partial charge in [-0.25, -0.2) is 9.82 Å². The third-order valence-electron chi connectivity index (χ3n) is 2.23. The Labute approximate surface area is 105 Å². The molecule has 0 radical (unpaired) electrons. The van der Waals surface area contributed by atoms with Gasteiger partial charge >= 0.3 is 0 Å². The quantitative estimate of drug-likeness (QED) is 0.677. The zero-order chi connectivity index (χ0) is 11.5. The first kappa shape index (κ1) is 11.7. The predicted octanol–water partition coefficient (Wildman–Crippen LogP) is 2.60. The number of thiophene rings is 1. The Bertz CT molecular complexity index is 488. The van der Waals surface area contributed by atoms with Crippen molar-refractivity contribution in [1.29, 1.82) is 0 Å². The molecule has 0 fully saturated rings. The molecule has 0 aliphatic carbocycles. The lowest BCUT2D eigenvalue weighted by molar-refractivity contribution is 0.555.